The van der Waals surface area contributed by atoms with Crippen molar-refractivity contribution >= 4 is 39.1 Å². The largest absolute Gasteiger partial charge is 0.384 e. The van der Waals surface area contributed by atoms with Crippen molar-refractivity contribution < 1.29 is 24.3 Å². The van der Waals surface area contributed by atoms with Crippen LogP contribution < -0.4 is 0 Å². The summed E-state index contributed by atoms with van der Waals surface area (Å²) in [6.07, 6.45) is -0.243. The molecule has 5 aromatic rings. The lowest BCUT2D eigenvalue weighted by Gasteiger charge is -2.50. The van der Waals surface area contributed by atoms with E-state index in [1.54, 1.807) is 146 Å². The van der Waals surface area contributed by atoms with Crippen molar-refractivity contribution in [2.45, 2.75) is 12.0 Å². The Hall–Kier alpha value is -4.78. The third kappa shape index (κ3) is 5.82. The van der Waals surface area contributed by atoms with Gasteiger partial charge in [-0.25, -0.2) is 0 Å². The summed E-state index contributed by atoms with van der Waals surface area (Å²) >= 11 is 3.50. The fraction of sp³-hybridized carbons (Fsp3) is 0.150. The molecule has 228 valence electrons. The van der Waals surface area contributed by atoms with Gasteiger partial charge in [0, 0.05) is 44.5 Å². The first-order valence-corrected chi connectivity index (χ1v) is 15.9. The summed E-state index contributed by atoms with van der Waals surface area (Å²) in [7, 11) is 0. The van der Waals surface area contributed by atoms with Crippen LogP contribution in [0, 0.1) is 23.7 Å². The molecule has 1 aliphatic rings. The molecule has 5 aromatic carbocycles. The van der Waals surface area contributed by atoms with Crippen LogP contribution >= 0.6 is 15.9 Å². The van der Waals surface area contributed by atoms with E-state index < -0.39 is 46.6 Å². The van der Waals surface area contributed by atoms with Crippen LogP contribution in [0.5, 0.6) is 0 Å². The molecule has 0 aromatic heterocycles. The quantitative estimate of drug-likeness (QED) is 0.160. The highest BCUT2D eigenvalue weighted by Crippen LogP contribution is 2.54. The van der Waals surface area contributed by atoms with Crippen molar-refractivity contribution in [2.24, 2.45) is 23.7 Å². The van der Waals surface area contributed by atoms with Gasteiger partial charge in [0.15, 0.2) is 23.1 Å². The fourth-order valence-electron chi connectivity index (χ4n) is 6.90. The molecule has 1 N–H and O–H groups in total. The first-order valence-electron chi connectivity index (χ1n) is 15.2. The Kier molecular flexibility index (Phi) is 9.02. The first kappa shape index (κ1) is 31.2. The molecule has 5 nitrogen and oxygen atoms in total. The smallest absolute Gasteiger partial charge is 0.169 e. The summed E-state index contributed by atoms with van der Waals surface area (Å²) < 4.78 is 0.506. The Balaban J connectivity index is 1.65. The number of carbonyl (C=O) groups is 4. The van der Waals surface area contributed by atoms with E-state index >= 15 is 0 Å². The van der Waals surface area contributed by atoms with Gasteiger partial charge in [0.25, 0.3) is 0 Å². The van der Waals surface area contributed by atoms with Crippen molar-refractivity contribution in [3.05, 3.63) is 178 Å². The molecule has 0 heterocycles. The lowest BCUT2D eigenvalue weighted by molar-refractivity contribution is -0.0846. The van der Waals surface area contributed by atoms with Crippen LogP contribution in [0.15, 0.2) is 150 Å². The number of hydrogen-bond acceptors (Lipinski definition) is 5. The van der Waals surface area contributed by atoms with Crippen molar-refractivity contribution in [3.63, 3.8) is 0 Å². The number of hydrogen-bond donors (Lipinski definition) is 1. The summed E-state index contributed by atoms with van der Waals surface area (Å²) in [6, 6.07) is 41.1. The van der Waals surface area contributed by atoms with E-state index in [1.165, 1.54) is 0 Å². The van der Waals surface area contributed by atoms with Gasteiger partial charge in [-0.05, 0) is 18.1 Å². The zero-order chi connectivity index (χ0) is 32.3. The Labute approximate surface area is 276 Å². The molecule has 6 rings (SSSR count). The molecule has 46 heavy (non-hydrogen) atoms. The van der Waals surface area contributed by atoms with Crippen LogP contribution in [0.2, 0.25) is 0 Å². The molecule has 1 fully saturated rings. The standard InChI is InChI=1S/C40H31BrO5/c41-32-24-14-13-23-30(32)39(45)33-31(36(42)26-15-5-1-6-16-26)25-40(46,29-21-11-4-12-22-29)35(38(44)28-19-9-3-10-20-28)34(33)37(43)27-17-7-2-8-18-27/h1-24,31,33-35,46H,25H2/t31-,33+,34-,35+,40+/m1/s1. The molecule has 0 spiro atoms. The number of ketones is 4. The third-order valence-electron chi connectivity index (χ3n) is 9.04. The van der Waals surface area contributed by atoms with E-state index in [2.05, 4.69) is 15.9 Å². The van der Waals surface area contributed by atoms with Crippen molar-refractivity contribution in [1.82, 2.24) is 0 Å². The van der Waals surface area contributed by atoms with Crippen LogP contribution in [0.4, 0.5) is 0 Å². The Bertz CT molecular complexity index is 1870. The van der Waals surface area contributed by atoms with Crippen LogP contribution in [0.1, 0.15) is 53.4 Å². The monoisotopic (exact) mass is 670 g/mol. The SMILES string of the molecule is O=C(c1ccccc1)[C@@H]1[C@@H](C(=O)c2ccccc2Br)[C@H](C(=O)c2ccccc2)C[C@](O)(c2ccccc2)[C@@H]1C(=O)c1ccccc1. The molecule has 1 aliphatic carbocycles. The normalized spacial score (nSPS) is 22.5. The predicted molar refractivity (Wildman–Crippen MR) is 180 cm³/mol. The lowest BCUT2D eigenvalue weighted by atomic mass is 9.52. The first-order chi connectivity index (χ1) is 22.3. The highest BCUT2D eigenvalue weighted by atomic mass is 79.9. The van der Waals surface area contributed by atoms with Crippen molar-refractivity contribution in [1.29, 1.82) is 0 Å². The molecule has 0 unspecified atom stereocenters. The maximum absolute atomic E-state index is 14.9. The van der Waals surface area contributed by atoms with Gasteiger partial charge in [-0.1, -0.05) is 155 Å². The Morgan fingerprint density at radius 2 is 0.957 bits per heavy atom. The summed E-state index contributed by atoms with van der Waals surface area (Å²) in [5, 5.41) is 12.9. The van der Waals surface area contributed by atoms with E-state index in [0.29, 0.717) is 26.7 Å². The number of rotatable bonds is 9. The molecule has 1 saturated carbocycles. The maximum Gasteiger partial charge on any atom is 0.169 e. The molecule has 0 amide bonds. The zero-order valence-corrected chi connectivity index (χ0v) is 26.4. The average Bonchev–Trinajstić information content (AvgIpc) is 3.11. The van der Waals surface area contributed by atoms with Gasteiger partial charge in [0.1, 0.15) is 5.60 Å². The van der Waals surface area contributed by atoms with Crippen LogP contribution in [0.3, 0.4) is 0 Å². The third-order valence-corrected chi connectivity index (χ3v) is 9.73. The van der Waals surface area contributed by atoms with E-state index in [4.69, 9.17) is 0 Å². The van der Waals surface area contributed by atoms with Gasteiger partial charge < -0.3 is 5.11 Å². The number of Topliss-reactive ketones (excluding diaryl/α,β-unsaturated/α-hetero) is 4. The van der Waals surface area contributed by atoms with Gasteiger partial charge in [-0.2, -0.15) is 0 Å². The summed E-state index contributed by atoms with van der Waals surface area (Å²) in [6.45, 7) is 0. The Morgan fingerprint density at radius 3 is 1.48 bits per heavy atom. The van der Waals surface area contributed by atoms with Crippen LogP contribution in [-0.4, -0.2) is 28.2 Å². The van der Waals surface area contributed by atoms with Crippen molar-refractivity contribution in [2.75, 3.05) is 0 Å². The van der Waals surface area contributed by atoms with E-state index in [9.17, 15) is 24.3 Å². The van der Waals surface area contributed by atoms with Gasteiger partial charge in [0.2, 0.25) is 0 Å². The Morgan fingerprint density at radius 1 is 0.522 bits per heavy atom. The highest BCUT2D eigenvalue weighted by Gasteiger charge is 2.61. The predicted octanol–water partition coefficient (Wildman–Crippen LogP) is 8.04. The van der Waals surface area contributed by atoms with E-state index in [1.807, 2.05) is 0 Å². The zero-order valence-electron chi connectivity index (χ0n) is 24.8. The van der Waals surface area contributed by atoms with Crippen molar-refractivity contribution in [3.8, 4) is 0 Å². The minimum atomic E-state index is -1.97. The summed E-state index contributed by atoms with van der Waals surface area (Å²) in [4.78, 5) is 59.0. The lowest BCUT2D eigenvalue weighted by Crippen LogP contribution is -2.58. The molecule has 5 atom stereocenters. The molecule has 6 heteroatoms. The second kappa shape index (κ2) is 13.3. The van der Waals surface area contributed by atoms with Gasteiger partial charge in [-0.3, -0.25) is 19.2 Å². The number of benzene rings is 5. The highest BCUT2D eigenvalue weighted by molar-refractivity contribution is 9.10. The van der Waals surface area contributed by atoms with Crippen LogP contribution in [0.25, 0.3) is 0 Å². The topological polar surface area (TPSA) is 88.5 Å². The second-order valence-electron chi connectivity index (χ2n) is 11.7. The summed E-state index contributed by atoms with van der Waals surface area (Å²) in [5.74, 6) is -6.95. The fourth-order valence-corrected chi connectivity index (χ4v) is 7.38. The maximum atomic E-state index is 14.9. The molecular weight excluding hydrogens is 640 g/mol. The molecule has 0 bridgehead atoms. The van der Waals surface area contributed by atoms with Crippen LogP contribution in [-0.2, 0) is 5.60 Å². The minimum Gasteiger partial charge on any atom is -0.384 e. The molecule has 0 radical (unpaired) electrons. The second-order valence-corrected chi connectivity index (χ2v) is 12.5. The molecule has 0 aliphatic heterocycles. The average molecular weight is 672 g/mol. The minimum absolute atomic E-state index is 0.243. The molecule has 0 saturated heterocycles. The van der Waals surface area contributed by atoms with Gasteiger partial charge >= 0.3 is 0 Å². The van der Waals surface area contributed by atoms with E-state index in [-0.39, 0.29) is 17.8 Å². The number of carbonyl (C=O) groups excluding carboxylic acids is 4. The molecular formula is C40H31BrO5. The van der Waals surface area contributed by atoms with Gasteiger partial charge in [-0.15, -0.1) is 0 Å². The number of aliphatic hydroxyl groups is 1. The number of halogens is 1. The van der Waals surface area contributed by atoms with Gasteiger partial charge in [0.05, 0.1) is 5.92 Å². The van der Waals surface area contributed by atoms with E-state index in [0.717, 1.165) is 0 Å². The summed E-state index contributed by atoms with van der Waals surface area (Å²) in [5.41, 5.74) is -0.345.